The van der Waals surface area contributed by atoms with Crippen LogP contribution in [0.3, 0.4) is 0 Å². The summed E-state index contributed by atoms with van der Waals surface area (Å²) in [6.07, 6.45) is 8.57. The number of aromatic nitrogens is 4. The molecule has 6 heteroatoms. The van der Waals surface area contributed by atoms with Gasteiger partial charge in [0.25, 0.3) is 0 Å². The number of anilines is 1. The van der Waals surface area contributed by atoms with Gasteiger partial charge in [-0.05, 0) is 19.3 Å². The van der Waals surface area contributed by atoms with Gasteiger partial charge in [-0.25, -0.2) is 4.98 Å². The number of nitrogens with one attached hydrogen (secondary N) is 1. The van der Waals surface area contributed by atoms with E-state index in [1.807, 2.05) is 10.6 Å². The van der Waals surface area contributed by atoms with Gasteiger partial charge in [-0.15, -0.1) is 10.2 Å². The monoisotopic (exact) mass is 218 g/mol. The van der Waals surface area contributed by atoms with Gasteiger partial charge in [-0.2, -0.15) is 0 Å². The van der Waals surface area contributed by atoms with E-state index in [-0.39, 0.29) is 6.04 Å². The SMILES string of the molecule is NC1CCCC1Nc1nccn2cnnc12. The van der Waals surface area contributed by atoms with Crippen molar-refractivity contribution >= 4 is 11.5 Å². The largest absolute Gasteiger partial charge is 0.363 e. The van der Waals surface area contributed by atoms with E-state index in [2.05, 4.69) is 20.5 Å². The molecule has 1 aliphatic rings. The zero-order valence-electron chi connectivity index (χ0n) is 8.87. The number of rotatable bonds is 2. The highest BCUT2D eigenvalue weighted by Gasteiger charge is 2.24. The molecule has 0 bridgehead atoms. The Balaban J connectivity index is 1.91. The molecule has 6 nitrogen and oxygen atoms in total. The summed E-state index contributed by atoms with van der Waals surface area (Å²) in [5.74, 6) is 0.766. The molecular weight excluding hydrogens is 204 g/mol. The Bertz CT molecular complexity index is 493. The second-order valence-corrected chi connectivity index (χ2v) is 4.18. The fourth-order valence-electron chi connectivity index (χ4n) is 2.20. The van der Waals surface area contributed by atoms with E-state index in [4.69, 9.17) is 5.73 Å². The molecule has 16 heavy (non-hydrogen) atoms. The molecule has 1 fully saturated rings. The van der Waals surface area contributed by atoms with Gasteiger partial charge in [-0.3, -0.25) is 4.40 Å². The van der Waals surface area contributed by atoms with Crippen LogP contribution in [0, 0.1) is 0 Å². The first-order valence-electron chi connectivity index (χ1n) is 5.51. The maximum Gasteiger partial charge on any atom is 0.203 e. The number of hydrogen-bond acceptors (Lipinski definition) is 5. The fourth-order valence-corrected chi connectivity index (χ4v) is 2.20. The van der Waals surface area contributed by atoms with Crippen LogP contribution in [0.15, 0.2) is 18.7 Å². The minimum Gasteiger partial charge on any atom is -0.363 e. The van der Waals surface area contributed by atoms with Crippen LogP contribution in [0.2, 0.25) is 0 Å². The van der Waals surface area contributed by atoms with Gasteiger partial charge >= 0.3 is 0 Å². The van der Waals surface area contributed by atoms with Crippen molar-refractivity contribution in [2.24, 2.45) is 5.73 Å². The van der Waals surface area contributed by atoms with Crippen LogP contribution < -0.4 is 11.1 Å². The van der Waals surface area contributed by atoms with E-state index in [0.717, 1.165) is 24.3 Å². The lowest BCUT2D eigenvalue weighted by atomic mass is 10.2. The Morgan fingerprint density at radius 3 is 3.19 bits per heavy atom. The fraction of sp³-hybridized carbons (Fsp3) is 0.500. The molecule has 3 N–H and O–H groups in total. The van der Waals surface area contributed by atoms with Gasteiger partial charge in [0, 0.05) is 24.5 Å². The van der Waals surface area contributed by atoms with Gasteiger partial charge in [-0.1, -0.05) is 0 Å². The van der Waals surface area contributed by atoms with Crippen molar-refractivity contribution in [3.63, 3.8) is 0 Å². The van der Waals surface area contributed by atoms with Gasteiger partial charge in [0.2, 0.25) is 5.65 Å². The van der Waals surface area contributed by atoms with Crippen molar-refractivity contribution in [1.29, 1.82) is 0 Å². The van der Waals surface area contributed by atoms with E-state index in [0.29, 0.717) is 6.04 Å². The second-order valence-electron chi connectivity index (χ2n) is 4.18. The first kappa shape index (κ1) is 9.53. The molecule has 0 radical (unpaired) electrons. The average molecular weight is 218 g/mol. The predicted molar refractivity (Wildman–Crippen MR) is 60.0 cm³/mol. The molecule has 1 saturated carbocycles. The van der Waals surface area contributed by atoms with Crippen molar-refractivity contribution < 1.29 is 0 Å². The third kappa shape index (κ3) is 1.51. The molecule has 0 spiro atoms. The Kier molecular flexibility index (Phi) is 2.21. The lowest BCUT2D eigenvalue weighted by Gasteiger charge is -2.17. The molecule has 0 saturated heterocycles. The zero-order chi connectivity index (χ0) is 11.0. The normalized spacial score (nSPS) is 25.1. The Morgan fingerprint density at radius 2 is 2.38 bits per heavy atom. The summed E-state index contributed by atoms with van der Waals surface area (Å²) in [6.45, 7) is 0. The van der Waals surface area contributed by atoms with E-state index in [9.17, 15) is 0 Å². The highest BCUT2D eigenvalue weighted by Crippen LogP contribution is 2.22. The maximum atomic E-state index is 6.01. The Hall–Kier alpha value is -1.69. The first-order chi connectivity index (χ1) is 7.84. The minimum atomic E-state index is 0.213. The van der Waals surface area contributed by atoms with E-state index in [1.165, 1.54) is 6.42 Å². The van der Waals surface area contributed by atoms with Crippen molar-refractivity contribution in [2.45, 2.75) is 31.3 Å². The van der Waals surface area contributed by atoms with E-state index >= 15 is 0 Å². The van der Waals surface area contributed by atoms with E-state index < -0.39 is 0 Å². The molecule has 3 rings (SSSR count). The standard InChI is InChI=1S/C10H14N6/c11-7-2-1-3-8(7)14-9-10-15-13-6-16(10)5-4-12-9/h4-8H,1-3,11H2,(H,12,14). The lowest BCUT2D eigenvalue weighted by Crippen LogP contribution is -2.35. The molecule has 2 aromatic heterocycles. The van der Waals surface area contributed by atoms with Crippen molar-refractivity contribution in [3.05, 3.63) is 18.7 Å². The topological polar surface area (TPSA) is 81.1 Å². The zero-order valence-corrected chi connectivity index (χ0v) is 8.87. The van der Waals surface area contributed by atoms with Crippen LogP contribution in [0.4, 0.5) is 5.82 Å². The molecule has 2 atom stereocenters. The average Bonchev–Trinajstić information content (AvgIpc) is 2.89. The third-order valence-corrected chi connectivity index (χ3v) is 3.11. The predicted octanol–water partition coefficient (Wildman–Crippen LogP) is 0.416. The van der Waals surface area contributed by atoms with Crippen LogP contribution in [0.1, 0.15) is 19.3 Å². The van der Waals surface area contributed by atoms with Gasteiger partial charge in [0.1, 0.15) is 6.33 Å². The van der Waals surface area contributed by atoms with Crippen molar-refractivity contribution in [2.75, 3.05) is 5.32 Å². The summed E-state index contributed by atoms with van der Waals surface area (Å²) in [5.41, 5.74) is 6.76. The van der Waals surface area contributed by atoms with Crippen molar-refractivity contribution in [3.8, 4) is 0 Å². The molecular formula is C10H14N6. The van der Waals surface area contributed by atoms with Crippen LogP contribution >= 0.6 is 0 Å². The molecule has 0 amide bonds. The van der Waals surface area contributed by atoms with E-state index in [1.54, 1.807) is 12.5 Å². The summed E-state index contributed by atoms with van der Waals surface area (Å²) in [5, 5.41) is 11.3. The van der Waals surface area contributed by atoms with Crippen LogP contribution in [0.25, 0.3) is 5.65 Å². The molecule has 0 aliphatic heterocycles. The van der Waals surface area contributed by atoms with Gasteiger partial charge < -0.3 is 11.1 Å². The summed E-state index contributed by atoms with van der Waals surface area (Å²) >= 11 is 0. The first-order valence-corrected chi connectivity index (χ1v) is 5.51. The minimum absolute atomic E-state index is 0.213. The molecule has 2 unspecified atom stereocenters. The molecule has 1 aliphatic carbocycles. The van der Waals surface area contributed by atoms with Crippen LogP contribution in [-0.2, 0) is 0 Å². The Labute approximate surface area is 92.9 Å². The number of hydrogen-bond donors (Lipinski definition) is 2. The summed E-state index contributed by atoms with van der Waals surface area (Å²) in [7, 11) is 0. The quantitative estimate of drug-likeness (QED) is 0.763. The number of nitrogens with two attached hydrogens (primary N) is 1. The number of fused-ring (bicyclic) bond motifs is 1. The summed E-state index contributed by atoms with van der Waals surface area (Å²) in [4.78, 5) is 4.29. The number of nitrogens with zero attached hydrogens (tertiary/aromatic N) is 4. The molecule has 2 aromatic rings. The smallest absolute Gasteiger partial charge is 0.203 e. The van der Waals surface area contributed by atoms with Crippen LogP contribution in [-0.4, -0.2) is 31.7 Å². The van der Waals surface area contributed by atoms with Gasteiger partial charge in [0.05, 0.1) is 0 Å². The Morgan fingerprint density at radius 1 is 1.44 bits per heavy atom. The highest BCUT2D eigenvalue weighted by atomic mass is 15.2. The maximum absolute atomic E-state index is 6.01. The van der Waals surface area contributed by atoms with Crippen molar-refractivity contribution in [1.82, 2.24) is 19.6 Å². The summed E-state index contributed by atoms with van der Waals surface area (Å²) < 4.78 is 1.84. The third-order valence-electron chi connectivity index (χ3n) is 3.11. The van der Waals surface area contributed by atoms with Gasteiger partial charge in [0.15, 0.2) is 5.82 Å². The highest BCUT2D eigenvalue weighted by molar-refractivity contribution is 5.61. The molecule has 2 heterocycles. The lowest BCUT2D eigenvalue weighted by molar-refractivity contribution is 0.636. The molecule has 0 aromatic carbocycles. The second kappa shape index (κ2) is 3.71. The summed E-state index contributed by atoms with van der Waals surface area (Å²) in [6, 6.07) is 0.514. The van der Waals surface area contributed by atoms with Crippen LogP contribution in [0.5, 0.6) is 0 Å². The molecule has 84 valence electrons.